The van der Waals surface area contributed by atoms with Gasteiger partial charge in [0.2, 0.25) is 11.8 Å². The number of nitro groups is 1. The van der Waals surface area contributed by atoms with Crippen molar-refractivity contribution in [3.05, 3.63) is 28.3 Å². The minimum Gasteiger partial charge on any atom is -0.366 e. The van der Waals surface area contributed by atoms with Gasteiger partial charge in [-0.1, -0.05) is 6.92 Å². The highest BCUT2D eigenvalue weighted by molar-refractivity contribution is 6.21. The van der Waals surface area contributed by atoms with E-state index < -0.39 is 4.92 Å². The molecule has 1 aromatic carbocycles. The number of carbonyl (C=O) groups is 2. The predicted octanol–water partition coefficient (Wildman–Crippen LogP) is 2.02. The molecule has 2 aliphatic rings. The third kappa shape index (κ3) is 3.29. The molecule has 140 valence electrons. The van der Waals surface area contributed by atoms with Crippen LogP contribution in [-0.4, -0.2) is 54.9 Å². The minimum absolute atomic E-state index is 0.0796. The molecule has 8 nitrogen and oxygen atoms in total. The van der Waals surface area contributed by atoms with E-state index in [9.17, 15) is 19.7 Å². The lowest BCUT2D eigenvalue weighted by molar-refractivity contribution is -0.384. The van der Waals surface area contributed by atoms with E-state index >= 15 is 0 Å². The van der Waals surface area contributed by atoms with Crippen LogP contribution in [0.3, 0.4) is 0 Å². The predicted molar refractivity (Wildman–Crippen MR) is 98.3 cm³/mol. The number of hydrogen-bond acceptors (Lipinski definition) is 6. The number of carbonyl (C=O) groups excluding carboxylic acids is 2. The van der Waals surface area contributed by atoms with Gasteiger partial charge in [0.05, 0.1) is 10.6 Å². The Hall–Kier alpha value is -2.48. The Morgan fingerprint density at radius 1 is 1.23 bits per heavy atom. The Balaban J connectivity index is 1.91. The first-order valence-electron chi connectivity index (χ1n) is 8.86. The van der Waals surface area contributed by atoms with Gasteiger partial charge in [-0.25, -0.2) is 0 Å². The number of imide groups is 1. The quantitative estimate of drug-likeness (QED) is 0.464. The van der Waals surface area contributed by atoms with E-state index in [2.05, 4.69) is 11.9 Å². The molecular weight excluding hydrogens is 336 g/mol. The van der Waals surface area contributed by atoms with Crippen molar-refractivity contribution in [3.63, 3.8) is 0 Å². The van der Waals surface area contributed by atoms with E-state index in [4.69, 9.17) is 0 Å². The van der Waals surface area contributed by atoms with Gasteiger partial charge in [-0.2, -0.15) is 0 Å². The van der Waals surface area contributed by atoms with Crippen LogP contribution in [0.1, 0.15) is 26.2 Å². The maximum absolute atomic E-state index is 12.2. The normalized spacial score (nSPS) is 22.1. The van der Waals surface area contributed by atoms with Crippen molar-refractivity contribution in [1.29, 1.82) is 0 Å². The van der Waals surface area contributed by atoms with Gasteiger partial charge >= 0.3 is 0 Å². The van der Waals surface area contributed by atoms with Crippen LogP contribution >= 0.6 is 0 Å². The number of piperidine rings is 1. The zero-order valence-electron chi connectivity index (χ0n) is 15.3. The molecule has 2 heterocycles. The van der Waals surface area contributed by atoms with Crippen LogP contribution in [0.15, 0.2) is 18.2 Å². The standard InChI is InChI=1S/C18H24N4O4/c1-12-10-17(23)21(18(12)24)14-4-5-15(16(11-14)22(25)26)20(3)13-6-8-19(2)9-7-13/h4-5,11-13H,6-10H2,1-3H3. The van der Waals surface area contributed by atoms with Gasteiger partial charge in [-0.15, -0.1) is 0 Å². The molecule has 0 bridgehead atoms. The summed E-state index contributed by atoms with van der Waals surface area (Å²) in [4.78, 5) is 40.8. The molecular formula is C18H24N4O4. The second kappa shape index (κ2) is 7.03. The molecule has 0 radical (unpaired) electrons. The lowest BCUT2D eigenvalue weighted by Gasteiger charge is -2.36. The first-order chi connectivity index (χ1) is 12.3. The van der Waals surface area contributed by atoms with Crippen LogP contribution in [0.25, 0.3) is 0 Å². The molecule has 2 saturated heterocycles. The first-order valence-corrected chi connectivity index (χ1v) is 8.86. The first kappa shape index (κ1) is 18.3. The molecule has 8 heteroatoms. The molecule has 3 rings (SSSR count). The highest BCUT2D eigenvalue weighted by atomic mass is 16.6. The zero-order valence-corrected chi connectivity index (χ0v) is 15.3. The van der Waals surface area contributed by atoms with E-state index in [1.54, 1.807) is 19.1 Å². The Bertz CT molecular complexity index is 743. The van der Waals surface area contributed by atoms with Crippen molar-refractivity contribution >= 4 is 28.9 Å². The average molecular weight is 360 g/mol. The van der Waals surface area contributed by atoms with E-state index in [-0.39, 0.29) is 41.6 Å². The molecule has 2 fully saturated rings. The van der Waals surface area contributed by atoms with E-state index in [0.29, 0.717) is 5.69 Å². The summed E-state index contributed by atoms with van der Waals surface area (Å²) in [5.74, 6) is -1.00. The van der Waals surface area contributed by atoms with Crippen molar-refractivity contribution in [1.82, 2.24) is 4.90 Å². The van der Waals surface area contributed by atoms with E-state index in [1.807, 2.05) is 11.9 Å². The number of amides is 2. The summed E-state index contributed by atoms with van der Waals surface area (Å²) in [5.41, 5.74) is 0.709. The number of benzene rings is 1. The molecule has 0 aliphatic carbocycles. The summed E-state index contributed by atoms with van der Waals surface area (Å²) < 4.78 is 0. The maximum atomic E-state index is 12.2. The highest BCUT2D eigenvalue weighted by Crippen LogP contribution is 2.36. The highest BCUT2D eigenvalue weighted by Gasteiger charge is 2.37. The fourth-order valence-corrected chi connectivity index (χ4v) is 3.73. The van der Waals surface area contributed by atoms with E-state index in [1.165, 1.54) is 6.07 Å². The summed E-state index contributed by atoms with van der Waals surface area (Å²) >= 11 is 0. The van der Waals surface area contributed by atoms with Gasteiger partial charge in [0.25, 0.3) is 5.69 Å². The number of hydrogen-bond donors (Lipinski definition) is 0. The summed E-state index contributed by atoms with van der Waals surface area (Å²) in [5, 5.41) is 11.6. The number of anilines is 2. The van der Waals surface area contributed by atoms with Crippen molar-refractivity contribution in [2.45, 2.75) is 32.2 Å². The second-order valence-corrected chi connectivity index (χ2v) is 7.25. The lowest BCUT2D eigenvalue weighted by Crippen LogP contribution is -2.42. The molecule has 0 saturated carbocycles. The van der Waals surface area contributed by atoms with Crippen molar-refractivity contribution in [2.24, 2.45) is 5.92 Å². The van der Waals surface area contributed by atoms with Gasteiger partial charge in [-0.3, -0.25) is 24.6 Å². The van der Waals surface area contributed by atoms with Gasteiger partial charge in [-0.05, 0) is 45.1 Å². The zero-order chi connectivity index (χ0) is 19.0. The molecule has 0 N–H and O–H groups in total. The molecule has 0 aromatic heterocycles. The molecule has 2 aliphatic heterocycles. The van der Waals surface area contributed by atoms with Gasteiger partial charge < -0.3 is 9.80 Å². The fraction of sp³-hybridized carbons (Fsp3) is 0.556. The number of rotatable bonds is 4. The fourth-order valence-electron chi connectivity index (χ4n) is 3.73. The van der Waals surface area contributed by atoms with Crippen LogP contribution < -0.4 is 9.80 Å². The Kier molecular flexibility index (Phi) is 4.95. The smallest absolute Gasteiger partial charge is 0.294 e. The van der Waals surface area contributed by atoms with Crippen LogP contribution in [0, 0.1) is 16.0 Å². The van der Waals surface area contributed by atoms with Crippen molar-refractivity contribution in [3.8, 4) is 0 Å². The average Bonchev–Trinajstić information content (AvgIpc) is 2.86. The summed E-state index contributed by atoms with van der Waals surface area (Å²) in [6.45, 7) is 3.60. The molecule has 1 atom stereocenters. The van der Waals surface area contributed by atoms with Gasteiger partial charge in [0.1, 0.15) is 5.69 Å². The third-order valence-electron chi connectivity index (χ3n) is 5.40. The maximum Gasteiger partial charge on any atom is 0.294 e. The minimum atomic E-state index is -0.446. The lowest BCUT2D eigenvalue weighted by atomic mass is 10.0. The third-order valence-corrected chi connectivity index (χ3v) is 5.40. The second-order valence-electron chi connectivity index (χ2n) is 7.25. The molecule has 0 spiro atoms. The molecule has 1 unspecified atom stereocenters. The molecule has 2 amide bonds. The Morgan fingerprint density at radius 3 is 2.42 bits per heavy atom. The summed E-state index contributed by atoms with van der Waals surface area (Å²) in [7, 11) is 3.94. The topological polar surface area (TPSA) is 87.0 Å². The Morgan fingerprint density at radius 2 is 1.88 bits per heavy atom. The van der Waals surface area contributed by atoms with Crippen molar-refractivity contribution in [2.75, 3.05) is 37.0 Å². The van der Waals surface area contributed by atoms with Gasteiger partial charge in [0.15, 0.2) is 0 Å². The number of nitro benzene ring substituents is 1. The molecule has 1 aromatic rings. The summed E-state index contributed by atoms with van der Waals surface area (Å²) in [6.07, 6.45) is 2.02. The van der Waals surface area contributed by atoms with Crippen LogP contribution in [-0.2, 0) is 9.59 Å². The van der Waals surface area contributed by atoms with Crippen molar-refractivity contribution < 1.29 is 14.5 Å². The summed E-state index contributed by atoms with van der Waals surface area (Å²) in [6, 6.07) is 4.84. The van der Waals surface area contributed by atoms with E-state index in [0.717, 1.165) is 30.8 Å². The van der Waals surface area contributed by atoms with Crippen LogP contribution in [0.5, 0.6) is 0 Å². The Labute approximate surface area is 152 Å². The number of likely N-dealkylation sites (tertiary alicyclic amines) is 1. The molecule has 26 heavy (non-hydrogen) atoms. The monoisotopic (exact) mass is 360 g/mol. The SMILES string of the molecule is CC1CC(=O)N(c2ccc(N(C)C3CCN(C)CC3)c([N+](=O)[O-])c2)C1=O. The number of nitrogens with zero attached hydrogens (tertiary/aromatic N) is 4. The van der Waals surface area contributed by atoms with Crippen LogP contribution in [0.4, 0.5) is 17.1 Å². The van der Waals surface area contributed by atoms with Crippen LogP contribution in [0.2, 0.25) is 0 Å². The van der Waals surface area contributed by atoms with Gasteiger partial charge in [0, 0.05) is 31.5 Å². The largest absolute Gasteiger partial charge is 0.366 e.